The van der Waals surface area contributed by atoms with Gasteiger partial charge in [0, 0.05) is 6.04 Å². The zero-order chi connectivity index (χ0) is 11.0. The number of hydrogen-bond acceptors (Lipinski definition) is 3. The number of thioether (sulfide) groups is 1. The second-order valence-electron chi connectivity index (χ2n) is 3.41. The summed E-state index contributed by atoms with van der Waals surface area (Å²) in [5.74, 6) is 2.35. The Morgan fingerprint density at radius 3 is 2.57 bits per heavy atom. The Morgan fingerprint density at radius 2 is 2.07 bits per heavy atom. The molecule has 2 N–H and O–H groups in total. The minimum absolute atomic E-state index is 0.0847. The normalized spacial score (nSPS) is 14.9. The molecule has 0 radical (unpaired) electrons. The number of rotatable bonds is 7. The highest BCUT2D eigenvalue weighted by Crippen LogP contribution is 2.03. The molecule has 0 bridgehead atoms. The van der Waals surface area contributed by atoms with E-state index in [2.05, 4.69) is 24.5 Å². The highest BCUT2D eigenvalue weighted by molar-refractivity contribution is 7.99. The minimum atomic E-state index is -0.101. The van der Waals surface area contributed by atoms with Crippen molar-refractivity contribution in [3.05, 3.63) is 0 Å². The Hall–Kier alpha value is -0.220. The largest absolute Gasteiger partial charge is 0.352 e. The van der Waals surface area contributed by atoms with Crippen molar-refractivity contribution in [2.75, 3.05) is 18.6 Å². The van der Waals surface area contributed by atoms with E-state index in [0.717, 1.165) is 17.9 Å². The number of nitrogens with one attached hydrogen (secondary N) is 2. The molecule has 0 saturated heterocycles. The fraction of sp³-hybridized carbons (Fsp3) is 0.900. The molecule has 2 atom stereocenters. The summed E-state index contributed by atoms with van der Waals surface area (Å²) in [4.78, 5) is 11.4. The van der Waals surface area contributed by atoms with Crippen LogP contribution in [0.3, 0.4) is 0 Å². The van der Waals surface area contributed by atoms with Crippen LogP contribution in [0.4, 0.5) is 0 Å². The van der Waals surface area contributed by atoms with Gasteiger partial charge in [-0.05, 0) is 38.8 Å². The lowest BCUT2D eigenvalue weighted by Gasteiger charge is -2.16. The van der Waals surface area contributed by atoms with E-state index < -0.39 is 0 Å². The molecule has 4 heteroatoms. The first kappa shape index (κ1) is 13.8. The van der Waals surface area contributed by atoms with Crippen LogP contribution in [-0.2, 0) is 4.79 Å². The Morgan fingerprint density at radius 1 is 1.43 bits per heavy atom. The van der Waals surface area contributed by atoms with Crippen LogP contribution in [0.25, 0.3) is 0 Å². The third kappa shape index (κ3) is 6.27. The van der Waals surface area contributed by atoms with Crippen LogP contribution in [0.15, 0.2) is 0 Å². The van der Waals surface area contributed by atoms with Crippen molar-refractivity contribution in [2.24, 2.45) is 0 Å². The maximum atomic E-state index is 11.4. The van der Waals surface area contributed by atoms with E-state index >= 15 is 0 Å². The molecule has 0 rings (SSSR count). The lowest BCUT2D eigenvalue weighted by molar-refractivity contribution is -0.123. The number of likely N-dealkylation sites (N-methyl/N-ethyl adjacent to an activating group) is 1. The van der Waals surface area contributed by atoms with Crippen molar-refractivity contribution in [3.8, 4) is 0 Å². The minimum Gasteiger partial charge on any atom is -0.352 e. The zero-order valence-corrected chi connectivity index (χ0v) is 10.4. The van der Waals surface area contributed by atoms with Crippen molar-refractivity contribution < 1.29 is 4.79 Å². The van der Waals surface area contributed by atoms with E-state index in [9.17, 15) is 4.79 Å². The molecule has 0 aliphatic heterocycles. The van der Waals surface area contributed by atoms with Crippen LogP contribution in [0, 0.1) is 0 Å². The van der Waals surface area contributed by atoms with Crippen molar-refractivity contribution in [1.29, 1.82) is 0 Å². The van der Waals surface area contributed by atoms with E-state index in [1.807, 2.05) is 18.7 Å². The highest BCUT2D eigenvalue weighted by Gasteiger charge is 2.12. The Bertz CT molecular complexity index is 164. The van der Waals surface area contributed by atoms with Gasteiger partial charge in [-0.2, -0.15) is 11.8 Å². The van der Waals surface area contributed by atoms with Crippen LogP contribution < -0.4 is 10.6 Å². The van der Waals surface area contributed by atoms with Crippen LogP contribution >= 0.6 is 11.8 Å². The van der Waals surface area contributed by atoms with E-state index in [4.69, 9.17) is 0 Å². The molecule has 2 unspecified atom stereocenters. The van der Waals surface area contributed by atoms with E-state index in [1.165, 1.54) is 0 Å². The fourth-order valence-corrected chi connectivity index (χ4v) is 1.78. The van der Waals surface area contributed by atoms with Gasteiger partial charge in [0.2, 0.25) is 5.91 Å². The average Bonchev–Trinajstić information content (AvgIpc) is 2.16. The van der Waals surface area contributed by atoms with Gasteiger partial charge < -0.3 is 10.6 Å². The van der Waals surface area contributed by atoms with E-state index in [-0.39, 0.29) is 18.0 Å². The average molecular weight is 218 g/mol. The molecular weight excluding hydrogens is 196 g/mol. The summed E-state index contributed by atoms with van der Waals surface area (Å²) in [6.07, 6.45) is 1.04. The van der Waals surface area contributed by atoms with Gasteiger partial charge >= 0.3 is 0 Å². The van der Waals surface area contributed by atoms with Gasteiger partial charge in [-0.15, -0.1) is 0 Å². The van der Waals surface area contributed by atoms with E-state index in [0.29, 0.717) is 0 Å². The van der Waals surface area contributed by atoms with Gasteiger partial charge in [-0.25, -0.2) is 0 Å². The Balaban J connectivity index is 3.60. The van der Waals surface area contributed by atoms with Crippen molar-refractivity contribution in [1.82, 2.24) is 10.6 Å². The van der Waals surface area contributed by atoms with Gasteiger partial charge in [0.25, 0.3) is 0 Å². The predicted octanol–water partition coefficient (Wildman–Crippen LogP) is 1.24. The van der Waals surface area contributed by atoms with Gasteiger partial charge in [0.1, 0.15) is 0 Å². The van der Waals surface area contributed by atoms with E-state index in [1.54, 1.807) is 7.05 Å². The lowest BCUT2D eigenvalue weighted by Crippen LogP contribution is -2.44. The summed E-state index contributed by atoms with van der Waals surface area (Å²) < 4.78 is 0. The molecule has 1 amide bonds. The number of hydrogen-bond donors (Lipinski definition) is 2. The third-order valence-corrected chi connectivity index (χ3v) is 3.05. The molecule has 0 aliphatic rings. The molecule has 0 spiro atoms. The summed E-state index contributed by atoms with van der Waals surface area (Å²) in [6.45, 7) is 6.07. The van der Waals surface area contributed by atoms with Crippen molar-refractivity contribution in [3.63, 3.8) is 0 Å². The summed E-state index contributed by atoms with van der Waals surface area (Å²) in [5.41, 5.74) is 0. The molecule has 0 aromatic rings. The zero-order valence-electron chi connectivity index (χ0n) is 9.59. The highest BCUT2D eigenvalue weighted by atomic mass is 32.2. The molecule has 84 valence electrons. The molecule has 0 saturated carbocycles. The van der Waals surface area contributed by atoms with Crippen LogP contribution in [-0.4, -0.2) is 36.5 Å². The maximum Gasteiger partial charge on any atom is 0.237 e. The van der Waals surface area contributed by atoms with Gasteiger partial charge in [-0.1, -0.05) is 6.92 Å². The quantitative estimate of drug-likeness (QED) is 0.632. The standard InChI is InChI=1S/C10H22N2OS/c1-5-14-7-6-8(2)12-10(13)9(3)11-4/h8-9,11H,5-7H2,1-4H3,(H,12,13). The second kappa shape index (κ2) is 8.12. The first-order valence-electron chi connectivity index (χ1n) is 5.17. The summed E-state index contributed by atoms with van der Waals surface area (Å²) >= 11 is 1.91. The number of amides is 1. The Labute approximate surface area is 91.4 Å². The topological polar surface area (TPSA) is 41.1 Å². The first-order valence-corrected chi connectivity index (χ1v) is 6.32. The molecule has 0 aromatic carbocycles. The van der Waals surface area contributed by atoms with Crippen molar-refractivity contribution >= 4 is 17.7 Å². The lowest BCUT2D eigenvalue weighted by atomic mass is 10.2. The van der Waals surface area contributed by atoms with Crippen molar-refractivity contribution in [2.45, 2.75) is 39.3 Å². The third-order valence-electron chi connectivity index (χ3n) is 2.11. The molecule has 14 heavy (non-hydrogen) atoms. The number of carbonyl (C=O) groups is 1. The first-order chi connectivity index (χ1) is 6.61. The molecule has 0 aromatic heterocycles. The second-order valence-corrected chi connectivity index (χ2v) is 4.80. The monoisotopic (exact) mass is 218 g/mol. The smallest absolute Gasteiger partial charge is 0.237 e. The van der Waals surface area contributed by atoms with Crippen LogP contribution in [0.1, 0.15) is 27.2 Å². The maximum absolute atomic E-state index is 11.4. The molecule has 3 nitrogen and oxygen atoms in total. The SMILES string of the molecule is CCSCCC(C)NC(=O)C(C)NC. The molecule has 0 aliphatic carbocycles. The van der Waals surface area contributed by atoms with Gasteiger partial charge in [0.05, 0.1) is 6.04 Å². The van der Waals surface area contributed by atoms with Crippen LogP contribution in [0.5, 0.6) is 0 Å². The summed E-state index contributed by atoms with van der Waals surface area (Å²) in [7, 11) is 1.79. The molecule has 0 fully saturated rings. The van der Waals surface area contributed by atoms with Gasteiger partial charge in [0.15, 0.2) is 0 Å². The van der Waals surface area contributed by atoms with Gasteiger partial charge in [-0.3, -0.25) is 4.79 Å². The summed E-state index contributed by atoms with van der Waals surface area (Å²) in [5, 5.41) is 5.89. The molecule has 0 heterocycles. The summed E-state index contributed by atoms with van der Waals surface area (Å²) in [6, 6.07) is 0.175. The Kier molecular flexibility index (Phi) is 7.99. The predicted molar refractivity (Wildman–Crippen MR) is 63.7 cm³/mol. The fourth-order valence-electron chi connectivity index (χ4n) is 0.976. The van der Waals surface area contributed by atoms with Crippen LogP contribution in [0.2, 0.25) is 0 Å². The number of carbonyl (C=O) groups excluding carboxylic acids is 1. The molecular formula is C10H22N2OS.